The molecule has 40 heavy (non-hydrogen) atoms. The first-order valence-electron chi connectivity index (χ1n) is 13.9. The van der Waals surface area contributed by atoms with Crippen LogP contribution in [0.4, 0.5) is 4.79 Å². The fourth-order valence-electron chi connectivity index (χ4n) is 5.98. The van der Waals surface area contributed by atoms with E-state index in [0.29, 0.717) is 31.5 Å². The highest BCUT2D eigenvalue weighted by atomic mass is 16.6. The van der Waals surface area contributed by atoms with Gasteiger partial charge in [0.25, 0.3) is 5.91 Å². The minimum Gasteiger partial charge on any atom is -0.444 e. The number of amides is 4. The highest BCUT2D eigenvalue weighted by Gasteiger charge is 2.52. The summed E-state index contributed by atoms with van der Waals surface area (Å²) in [5.74, 6) is -0.468. The van der Waals surface area contributed by atoms with Crippen molar-refractivity contribution in [2.45, 2.75) is 82.8 Å². The Morgan fingerprint density at radius 1 is 1.25 bits per heavy atom. The van der Waals surface area contributed by atoms with Gasteiger partial charge in [-0.25, -0.2) is 4.79 Å². The van der Waals surface area contributed by atoms with Gasteiger partial charge in [0.1, 0.15) is 17.7 Å². The summed E-state index contributed by atoms with van der Waals surface area (Å²) in [6.07, 6.45) is 1.24. The second-order valence-electron chi connectivity index (χ2n) is 12.1. The van der Waals surface area contributed by atoms with E-state index in [1.165, 1.54) is 9.80 Å². The topological polar surface area (TPSA) is 126 Å². The van der Waals surface area contributed by atoms with Gasteiger partial charge in [0.2, 0.25) is 11.8 Å². The van der Waals surface area contributed by atoms with Crippen LogP contribution in [0.3, 0.4) is 0 Å². The minimum atomic E-state index is -0.949. The summed E-state index contributed by atoms with van der Waals surface area (Å²) >= 11 is 0. The number of alkyl carbamates (subject to hydrolysis) is 1. The first-order valence-corrected chi connectivity index (χ1v) is 13.9. The number of nitriles is 1. The number of carbonyl (C=O) groups is 4. The minimum absolute atomic E-state index is 0.0346. The number of rotatable bonds is 7. The van der Waals surface area contributed by atoms with Gasteiger partial charge in [-0.05, 0) is 64.7 Å². The third kappa shape index (κ3) is 6.07. The van der Waals surface area contributed by atoms with Crippen LogP contribution < -0.4 is 5.32 Å². The number of nitrogens with zero attached hydrogens (tertiary/aromatic N) is 5. The molecule has 2 bridgehead atoms. The third-order valence-corrected chi connectivity index (χ3v) is 7.84. The Hall–Kier alpha value is -3.65. The highest BCUT2D eigenvalue weighted by molar-refractivity contribution is 5.94. The standard InChI is InChI=1S/C29H40N6O5/c1-18(19-9-7-10-20(13-19)25(36)32(5)6)35-22-14-24(27(35)38)33(16-22)17-23(31-28(39)40-29(2,3)4)26(37)34-12-8-11-21(34)15-30/h7,9-10,13,18,21-24H,8,11-12,14,16-17H2,1-6H3,(H,31,39)/t18?,21?,22-,23-,24?/m0/s1. The van der Waals surface area contributed by atoms with Crippen molar-refractivity contribution < 1.29 is 23.9 Å². The van der Waals surface area contributed by atoms with Crippen molar-refractivity contribution in [1.29, 1.82) is 5.26 Å². The van der Waals surface area contributed by atoms with E-state index >= 15 is 0 Å². The van der Waals surface area contributed by atoms with Gasteiger partial charge in [-0.3, -0.25) is 19.3 Å². The zero-order valence-electron chi connectivity index (χ0n) is 24.2. The van der Waals surface area contributed by atoms with Crippen LogP contribution in [0, 0.1) is 11.3 Å². The average Bonchev–Trinajstić information content (AvgIpc) is 3.60. The first-order chi connectivity index (χ1) is 18.8. The average molecular weight is 553 g/mol. The molecule has 1 aromatic carbocycles. The maximum Gasteiger partial charge on any atom is 0.408 e. The molecule has 3 heterocycles. The molecule has 11 heteroatoms. The number of ether oxygens (including phenoxy) is 1. The van der Waals surface area contributed by atoms with Crippen molar-refractivity contribution in [3.63, 3.8) is 0 Å². The summed E-state index contributed by atoms with van der Waals surface area (Å²) < 4.78 is 5.41. The molecule has 3 aliphatic heterocycles. The van der Waals surface area contributed by atoms with Crippen molar-refractivity contribution in [2.75, 3.05) is 33.7 Å². The quantitative estimate of drug-likeness (QED) is 0.549. The Balaban J connectivity index is 1.48. The summed E-state index contributed by atoms with van der Waals surface area (Å²) in [6, 6.07) is 7.37. The molecule has 11 nitrogen and oxygen atoms in total. The van der Waals surface area contributed by atoms with E-state index in [2.05, 4.69) is 11.4 Å². The fraction of sp³-hybridized carbons (Fsp3) is 0.621. The molecule has 3 fully saturated rings. The predicted molar refractivity (Wildman–Crippen MR) is 147 cm³/mol. The molecule has 3 unspecified atom stereocenters. The number of carbonyl (C=O) groups excluding carboxylic acids is 4. The maximum absolute atomic E-state index is 13.6. The lowest BCUT2D eigenvalue weighted by atomic mass is 10.0. The predicted octanol–water partition coefficient (Wildman–Crippen LogP) is 2.14. The number of piperazine rings is 1. The van der Waals surface area contributed by atoms with E-state index in [4.69, 9.17) is 4.74 Å². The van der Waals surface area contributed by atoms with Crippen molar-refractivity contribution in [3.05, 3.63) is 35.4 Å². The lowest BCUT2D eigenvalue weighted by Crippen LogP contribution is -2.59. The van der Waals surface area contributed by atoms with Crippen LogP contribution in [0.1, 0.15) is 68.9 Å². The van der Waals surface area contributed by atoms with Gasteiger partial charge in [-0.2, -0.15) is 5.26 Å². The Bertz CT molecular complexity index is 1200. The van der Waals surface area contributed by atoms with Crippen molar-refractivity contribution in [2.24, 2.45) is 0 Å². The van der Waals surface area contributed by atoms with Crippen LogP contribution in [0.5, 0.6) is 0 Å². The molecule has 0 spiro atoms. The van der Waals surface area contributed by atoms with Gasteiger partial charge < -0.3 is 24.8 Å². The van der Waals surface area contributed by atoms with E-state index < -0.39 is 29.8 Å². The van der Waals surface area contributed by atoms with E-state index in [1.807, 2.05) is 34.9 Å². The molecule has 0 aliphatic carbocycles. The number of fused-ring (bicyclic) bond motifs is 2. The summed E-state index contributed by atoms with van der Waals surface area (Å²) in [7, 11) is 3.41. The molecule has 216 valence electrons. The van der Waals surface area contributed by atoms with Gasteiger partial charge >= 0.3 is 6.09 Å². The first kappa shape index (κ1) is 29.3. The van der Waals surface area contributed by atoms with Crippen LogP contribution in [0.2, 0.25) is 0 Å². The van der Waals surface area contributed by atoms with Gasteiger partial charge in [0.15, 0.2) is 0 Å². The third-order valence-electron chi connectivity index (χ3n) is 7.84. The van der Waals surface area contributed by atoms with E-state index in [-0.39, 0.29) is 36.3 Å². The van der Waals surface area contributed by atoms with Gasteiger partial charge in [-0.15, -0.1) is 0 Å². The highest BCUT2D eigenvalue weighted by Crippen LogP contribution is 2.38. The number of nitrogens with one attached hydrogen (secondary N) is 1. The van der Waals surface area contributed by atoms with Crippen molar-refractivity contribution in [3.8, 4) is 6.07 Å². The molecule has 0 saturated carbocycles. The monoisotopic (exact) mass is 552 g/mol. The SMILES string of the molecule is CC(c1cccc(C(=O)N(C)C)c1)N1C(=O)C2C[C@H]1CN2C[C@H](NC(=O)OC(C)(C)C)C(=O)N1CCCC1C#N. The smallest absolute Gasteiger partial charge is 0.408 e. The van der Waals surface area contributed by atoms with Crippen LogP contribution in [0.25, 0.3) is 0 Å². The van der Waals surface area contributed by atoms with Crippen LogP contribution in [-0.4, -0.2) is 107 Å². The second kappa shape index (κ2) is 11.5. The Labute approximate surface area is 236 Å². The summed E-state index contributed by atoms with van der Waals surface area (Å²) in [4.78, 5) is 59.1. The summed E-state index contributed by atoms with van der Waals surface area (Å²) in [5.41, 5.74) is 0.713. The van der Waals surface area contributed by atoms with Crippen LogP contribution in [-0.2, 0) is 14.3 Å². The van der Waals surface area contributed by atoms with Crippen molar-refractivity contribution in [1.82, 2.24) is 24.9 Å². The van der Waals surface area contributed by atoms with E-state index in [1.54, 1.807) is 40.9 Å². The number of benzene rings is 1. The van der Waals surface area contributed by atoms with E-state index in [0.717, 1.165) is 12.0 Å². The molecule has 4 rings (SSSR count). The summed E-state index contributed by atoms with van der Waals surface area (Å²) in [5, 5.41) is 12.2. The molecular weight excluding hydrogens is 512 g/mol. The molecule has 3 aliphatic rings. The van der Waals surface area contributed by atoms with Gasteiger partial charge in [0, 0.05) is 45.3 Å². The van der Waals surface area contributed by atoms with Crippen LogP contribution in [0.15, 0.2) is 24.3 Å². The van der Waals surface area contributed by atoms with Crippen LogP contribution >= 0.6 is 0 Å². The molecule has 4 amide bonds. The summed E-state index contributed by atoms with van der Waals surface area (Å²) in [6.45, 7) is 8.36. The Morgan fingerprint density at radius 3 is 2.60 bits per heavy atom. The number of hydrogen-bond donors (Lipinski definition) is 1. The van der Waals surface area contributed by atoms with Gasteiger partial charge in [-0.1, -0.05) is 12.1 Å². The molecule has 1 aromatic rings. The fourth-order valence-corrected chi connectivity index (χ4v) is 5.98. The normalized spacial score (nSPS) is 24.0. The zero-order valence-corrected chi connectivity index (χ0v) is 24.2. The second-order valence-corrected chi connectivity index (χ2v) is 12.1. The van der Waals surface area contributed by atoms with Gasteiger partial charge in [0.05, 0.1) is 18.2 Å². The maximum atomic E-state index is 13.6. The Morgan fingerprint density at radius 2 is 1.98 bits per heavy atom. The molecular formula is C29H40N6O5. The zero-order chi connectivity index (χ0) is 29.4. The number of hydrogen-bond acceptors (Lipinski definition) is 7. The number of likely N-dealkylation sites (tertiary alicyclic amines) is 3. The lowest BCUT2D eigenvalue weighted by molar-refractivity contribution is -0.141. The molecule has 3 saturated heterocycles. The Kier molecular flexibility index (Phi) is 8.40. The molecule has 5 atom stereocenters. The largest absolute Gasteiger partial charge is 0.444 e. The van der Waals surface area contributed by atoms with Crippen molar-refractivity contribution >= 4 is 23.8 Å². The molecule has 1 N–H and O–H groups in total. The van der Waals surface area contributed by atoms with E-state index in [9.17, 15) is 24.4 Å². The molecule has 0 aromatic heterocycles. The lowest BCUT2D eigenvalue weighted by Gasteiger charge is -2.39. The molecule has 0 radical (unpaired) electrons.